The number of rotatable bonds is 4. The summed E-state index contributed by atoms with van der Waals surface area (Å²) >= 11 is 1.75. The molecular weight excluding hydrogens is 192 g/mol. The maximum atomic E-state index is 4.52. The quantitative estimate of drug-likeness (QED) is 0.825. The first-order chi connectivity index (χ1) is 6.64. The predicted molar refractivity (Wildman–Crippen MR) is 60.7 cm³/mol. The molecule has 1 unspecified atom stereocenters. The fourth-order valence-corrected chi connectivity index (χ4v) is 2.58. The normalized spacial score (nSPS) is 20.8. The Morgan fingerprint density at radius 2 is 2.36 bits per heavy atom. The first kappa shape index (κ1) is 10.1. The van der Waals surface area contributed by atoms with Crippen molar-refractivity contribution in [3.63, 3.8) is 0 Å². The van der Waals surface area contributed by atoms with Gasteiger partial charge < -0.3 is 5.32 Å². The van der Waals surface area contributed by atoms with E-state index < -0.39 is 0 Å². The molecule has 1 aromatic rings. The second-order valence-corrected chi connectivity index (χ2v) is 5.62. The third kappa shape index (κ3) is 1.98. The van der Waals surface area contributed by atoms with Crippen LogP contribution in [0.3, 0.4) is 0 Å². The van der Waals surface area contributed by atoms with Crippen molar-refractivity contribution in [2.75, 3.05) is 7.05 Å². The van der Waals surface area contributed by atoms with Crippen molar-refractivity contribution in [2.24, 2.45) is 5.41 Å². The number of nitrogens with one attached hydrogen (secondary N) is 1. The number of hydrogen-bond acceptors (Lipinski definition) is 3. The average Bonchev–Trinajstić information content (AvgIpc) is 2.76. The van der Waals surface area contributed by atoms with Crippen molar-refractivity contribution < 1.29 is 0 Å². The van der Waals surface area contributed by atoms with Gasteiger partial charge in [0.05, 0.1) is 10.7 Å². The summed E-state index contributed by atoms with van der Waals surface area (Å²) in [5, 5.41) is 6.79. The average molecular weight is 210 g/mol. The molecule has 0 aliphatic heterocycles. The van der Waals surface area contributed by atoms with Crippen LogP contribution in [0.1, 0.15) is 30.5 Å². The Labute approximate surface area is 89.8 Å². The SMILES string of the molecule is CNC(Cc1csc(C)n1)C1(C)CC1. The van der Waals surface area contributed by atoms with Crippen LogP contribution in [0.25, 0.3) is 0 Å². The molecule has 1 heterocycles. The van der Waals surface area contributed by atoms with Gasteiger partial charge in [-0.15, -0.1) is 11.3 Å². The molecule has 14 heavy (non-hydrogen) atoms. The second kappa shape index (κ2) is 3.63. The van der Waals surface area contributed by atoms with Crippen LogP contribution in [0.5, 0.6) is 0 Å². The summed E-state index contributed by atoms with van der Waals surface area (Å²) in [5.74, 6) is 0. The van der Waals surface area contributed by atoms with Gasteiger partial charge >= 0.3 is 0 Å². The fourth-order valence-electron chi connectivity index (χ4n) is 1.95. The lowest BCUT2D eigenvalue weighted by Gasteiger charge is -2.21. The Hall–Kier alpha value is -0.410. The Bertz CT molecular complexity index is 315. The van der Waals surface area contributed by atoms with Gasteiger partial charge in [0.2, 0.25) is 0 Å². The van der Waals surface area contributed by atoms with Gasteiger partial charge in [-0.1, -0.05) is 6.92 Å². The highest BCUT2D eigenvalue weighted by atomic mass is 32.1. The molecule has 1 aliphatic rings. The zero-order valence-electron chi connectivity index (χ0n) is 9.13. The zero-order valence-corrected chi connectivity index (χ0v) is 9.95. The lowest BCUT2D eigenvalue weighted by Crippen LogP contribution is -2.35. The lowest BCUT2D eigenvalue weighted by atomic mass is 9.95. The number of likely N-dealkylation sites (N-methyl/N-ethyl adjacent to an activating group) is 1. The van der Waals surface area contributed by atoms with Crippen molar-refractivity contribution in [3.8, 4) is 0 Å². The summed E-state index contributed by atoms with van der Waals surface area (Å²) in [7, 11) is 2.06. The highest BCUT2D eigenvalue weighted by Crippen LogP contribution is 2.48. The highest BCUT2D eigenvalue weighted by molar-refractivity contribution is 7.09. The summed E-state index contributed by atoms with van der Waals surface area (Å²) < 4.78 is 0. The van der Waals surface area contributed by atoms with Gasteiger partial charge in [0.1, 0.15) is 0 Å². The maximum absolute atomic E-state index is 4.52. The summed E-state index contributed by atoms with van der Waals surface area (Å²) in [5.41, 5.74) is 1.78. The molecule has 2 rings (SSSR count). The summed E-state index contributed by atoms with van der Waals surface area (Å²) in [6.45, 7) is 4.44. The molecule has 0 amide bonds. The van der Waals surface area contributed by atoms with Crippen molar-refractivity contribution in [2.45, 2.75) is 39.2 Å². The van der Waals surface area contributed by atoms with Gasteiger partial charge in [0.15, 0.2) is 0 Å². The molecule has 1 fully saturated rings. The Morgan fingerprint density at radius 3 is 2.79 bits per heavy atom. The Morgan fingerprint density at radius 1 is 1.64 bits per heavy atom. The molecule has 1 atom stereocenters. The van der Waals surface area contributed by atoms with Crippen LogP contribution < -0.4 is 5.32 Å². The lowest BCUT2D eigenvalue weighted by molar-refractivity contribution is 0.374. The van der Waals surface area contributed by atoms with E-state index in [4.69, 9.17) is 0 Å². The smallest absolute Gasteiger partial charge is 0.0897 e. The minimum atomic E-state index is 0.534. The van der Waals surface area contributed by atoms with Crippen LogP contribution in [0, 0.1) is 12.3 Å². The van der Waals surface area contributed by atoms with Crippen molar-refractivity contribution in [1.29, 1.82) is 0 Å². The van der Waals surface area contributed by atoms with Crippen molar-refractivity contribution in [1.82, 2.24) is 10.3 Å². The van der Waals surface area contributed by atoms with Crippen LogP contribution in [-0.2, 0) is 6.42 Å². The molecule has 0 bridgehead atoms. The molecule has 0 aromatic carbocycles. The third-order valence-corrected chi connectivity index (χ3v) is 4.13. The summed E-state index contributed by atoms with van der Waals surface area (Å²) in [4.78, 5) is 4.52. The molecule has 78 valence electrons. The summed E-state index contributed by atoms with van der Waals surface area (Å²) in [6, 6.07) is 0.601. The minimum absolute atomic E-state index is 0.534. The Kier molecular flexibility index (Phi) is 2.62. The topological polar surface area (TPSA) is 24.9 Å². The number of nitrogens with zero attached hydrogens (tertiary/aromatic N) is 1. The van der Waals surface area contributed by atoms with Gasteiger partial charge in [0, 0.05) is 17.8 Å². The summed E-state index contributed by atoms with van der Waals surface area (Å²) in [6.07, 6.45) is 3.81. The van der Waals surface area contributed by atoms with E-state index in [2.05, 4.69) is 36.6 Å². The molecule has 0 spiro atoms. The van der Waals surface area contributed by atoms with E-state index in [0.29, 0.717) is 11.5 Å². The first-order valence-corrected chi connectivity index (χ1v) is 6.10. The second-order valence-electron chi connectivity index (χ2n) is 4.56. The maximum Gasteiger partial charge on any atom is 0.0897 e. The van der Waals surface area contributed by atoms with E-state index in [1.54, 1.807) is 11.3 Å². The van der Waals surface area contributed by atoms with Gasteiger partial charge in [-0.05, 0) is 32.2 Å². The van der Waals surface area contributed by atoms with Gasteiger partial charge in [-0.25, -0.2) is 4.98 Å². The molecule has 1 saturated carbocycles. The molecule has 2 nitrogen and oxygen atoms in total. The van der Waals surface area contributed by atoms with Crippen molar-refractivity contribution >= 4 is 11.3 Å². The van der Waals surface area contributed by atoms with Gasteiger partial charge in [0.25, 0.3) is 0 Å². The first-order valence-electron chi connectivity index (χ1n) is 5.22. The van der Waals surface area contributed by atoms with Gasteiger partial charge in [-0.3, -0.25) is 0 Å². The van der Waals surface area contributed by atoms with Crippen LogP contribution in [0.2, 0.25) is 0 Å². The zero-order chi connectivity index (χ0) is 10.2. The van der Waals surface area contributed by atoms with E-state index >= 15 is 0 Å². The van der Waals surface area contributed by atoms with E-state index in [1.807, 2.05) is 0 Å². The Balaban J connectivity index is 2.01. The van der Waals surface area contributed by atoms with Crippen LogP contribution in [0.15, 0.2) is 5.38 Å². The molecule has 1 N–H and O–H groups in total. The number of thiazole rings is 1. The number of aryl methyl sites for hydroxylation is 1. The van der Waals surface area contributed by atoms with Crippen LogP contribution in [-0.4, -0.2) is 18.1 Å². The molecule has 0 radical (unpaired) electrons. The third-order valence-electron chi connectivity index (χ3n) is 3.31. The molecule has 1 aliphatic carbocycles. The highest BCUT2D eigenvalue weighted by Gasteiger charge is 2.44. The van der Waals surface area contributed by atoms with Crippen LogP contribution in [0.4, 0.5) is 0 Å². The molecular formula is C11H18N2S. The standard InChI is InChI=1S/C11H18N2S/c1-8-13-9(7-14-8)6-10(12-3)11(2)4-5-11/h7,10,12H,4-6H2,1-3H3. The van der Waals surface area contributed by atoms with Crippen LogP contribution >= 0.6 is 11.3 Å². The van der Waals surface area contributed by atoms with E-state index in [-0.39, 0.29) is 0 Å². The van der Waals surface area contributed by atoms with Crippen molar-refractivity contribution in [3.05, 3.63) is 16.1 Å². The molecule has 1 aromatic heterocycles. The van der Waals surface area contributed by atoms with Gasteiger partial charge in [-0.2, -0.15) is 0 Å². The van der Waals surface area contributed by atoms with E-state index in [9.17, 15) is 0 Å². The molecule has 0 saturated heterocycles. The predicted octanol–water partition coefficient (Wildman–Crippen LogP) is 2.38. The van der Waals surface area contributed by atoms with E-state index in [0.717, 1.165) is 6.42 Å². The fraction of sp³-hybridized carbons (Fsp3) is 0.727. The largest absolute Gasteiger partial charge is 0.316 e. The van der Waals surface area contributed by atoms with E-state index in [1.165, 1.54) is 23.5 Å². The monoisotopic (exact) mass is 210 g/mol. The minimum Gasteiger partial charge on any atom is -0.316 e. The molecule has 3 heteroatoms. The number of hydrogen-bond donors (Lipinski definition) is 1. The number of aromatic nitrogens is 1.